The summed E-state index contributed by atoms with van der Waals surface area (Å²) in [6, 6.07) is 15.1. The van der Waals surface area contributed by atoms with Gasteiger partial charge in [0.25, 0.3) is 10.1 Å². The molecule has 2 aromatic rings. The largest absolute Gasteiger partial charge is 0.459 e. The molecule has 0 aromatic heterocycles. The van der Waals surface area contributed by atoms with Crippen molar-refractivity contribution in [3.63, 3.8) is 0 Å². The Balaban J connectivity index is 0.000000289. The number of hydrogen-bond donors (Lipinski definition) is 2. The number of nitrogens with two attached hydrogens (primary N) is 1. The maximum Gasteiger partial charge on any atom is 0.323 e. The van der Waals surface area contributed by atoms with E-state index >= 15 is 0 Å². The van der Waals surface area contributed by atoms with Crippen LogP contribution in [0, 0.1) is 6.92 Å². The molecule has 0 aliphatic rings. The molecule has 2 aromatic carbocycles. The van der Waals surface area contributed by atoms with Crippen LogP contribution in [0.3, 0.4) is 0 Å². The van der Waals surface area contributed by atoms with Gasteiger partial charge < -0.3 is 10.5 Å². The van der Waals surface area contributed by atoms with Gasteiger partial charge in [-0.05, 0) is 51.8 Å². The minimum Gasteiger partial charge on any atom is -0.459 e. The normalized spacial score (nSPS) is 12.5. The molecular formula is C20H27NO5S. The second-order valence-corrected chi connectivity index (χ2v) is 8.54. The molecule has 27 heavy (non-hydrogen) atoms. The minimum atomic E-state index is -4.02. The maximum atomic E-state index is 11.6. The monoisotopic (exact) mass is 393 g/mol. The smallest absolute Gasteiger partial charge is 0.323 e. The number of carbonyl (C=O) groups is 1. The fraction of sp³-hybridized carbons (Fsp3) is 0.350. The lowest BCUT2D eigenvalue weighted by molar-refractivity contribution is -0.156. The van der Waals surface area contributed by atoms with Gasteiger partial charge >= 0.3 is 5.97 Å². The molecule has 0 saturated heterocycles. The van der Waals surface area contributed by atoms with Crippen molar-refractivity contribution in [2.24, 2.45) is 5.73 Å². The van der Waals surface area contributed by atoms with Crippen molar-refractivity contribution in [3.05, 3.63) is 65.7 Å². The molecule has 2 rings (SSSR count). The zero-order chi connectivity index (χ0) is 20.7. The summed E-state index contributed by atoms with van der Waals surface area (Å²) < 4.78 is 34.8. The Morgan fingerprint density at radius 2 is 1.59 bits per heavy atom. The van der Waals surface area contributed by atoms with Gasteiger partial charge in [-0.1, -0.05) is 48.0 Å². The summed E-state index contributed by atoms with van der Waals surface area (Å²) >= 11 is 0. The van der Waals surface area contributed by atoms with Crippen LogP contribution in [0.1, 0.15) is 31.9 Å². The zero-order valence-corrected chi connectivity index (χ0v) is 16.9. The molecule has 148 valence electrons. The molecular weight excluding hydrogens is 366 g/mol. The van der Waals surface area contributed by atoms with Crippen LogP contribution in [-0.2, 0) is 26.1 Å². The molecule has 0 spiro atoms. The van der Waals surface area contributed by atoms with Crippen molar-refractivity contribution >= 4 is 16.1 Å². The standard InChI is InChI=1S/C13H19NO2.C7H8O3S/c1-13(2,3)16-12(15)11(14)9-10-7-5-4-6-8-10;1-6-2-4-7(5-3-6)11(8,9)10/h4-8,11H,9,14H2,1-3H3;2-5H,1H3,(H,8,9,10). The zero-order valence-electron chi connectivity index (χ0n) is 16.0. The van der Waals surface area contributed by atoms with E-state index in [0.29, 0.717) is 6.42 Å². The lowest BCUT2D eigenvalue weighted by atomic mass is 10.1. The molecule has 0 aliphatic carbocycles. The molecule has 0 heterocycles. The van der Waals surface area contributed by atoms with Gasteiger partial charge in [-0.2, -0.15) is 8.42 Å². The maximum absolute atomic E-state index is 11.6. The van der Waals surface area contributed by atoms with Crippen molar-refractivity contribution in [2.45, 2.75) is 50.7 Å². The molecule has 0 saturated carbocycles. The van der Waals surface area contributed by atoms with Gasteiger partial charge in [0, 0.05) is 0 Å². The number of rotatable bonds is 4. The highest BCUT2D eigenvalue weighted by molar-refractivity contribution is 7.85. The van der Waals surface area contributed by atoms with Gasteiger partial charge in [0.15, 0.2) is 0 Å². The first-order chi connectivity index (χ1) is 12.4. The SMILES string of the molecule is CC(C)(C)OC(=O)C(N)Cc1ccccc1.Cc1ccc(S(=O)(=O)O)cc1. The molecule has 3 N–H and O–H groups in total. The second-order valence-electron chi connectivity index (χ2n) is 7.12. The Hall–Kier alpha value is -2.22. The number of hydrogen-bond acceptors (Lipinski definition) is 5. The molecule has 1 unspecified atom stereocenters. The van der Waals surface area contributed by atoms with E-state index in [1.807, 2.05) is 58.0 Å². The number of carbonyl (C=O) groups excluding carboxylic acids is 1. The summed E-state index contributed by atoms with van der Waals surface area (Å²) in [5.74, 6) is -0.351. The third-order valence-corrected chi connectivity index (χ3v) is 4.19. The fourth-order valence-corrected chi connectivity index (χ4v) is 2.52. The summed E-state index contributed by atoms with van der Waals surface area (Å²) in [5, 5.41) is 0. The van der Waals surface area contributed by atoms with E-state index in [9.17, 15) is 13.2 Å². The quantitative estimate of drug-likeness (QED) is 0.610. The molecule has 0 amide bonds. The summed E-state index contributed by atoms with van der Waals surface area (Å²) in [5.41, 5.74) is 7.30. The molecule has 0 radical (unpaired) electrons. The predicted octanol–water partition coefficient (Wildman–Crippen LogP) is 3.14. The van der Waals surface area contributed by atoms with Crippen LogP contribution >= 0.6 is 0 Å². The van der Waals surface area contributed by atoms with Crippen LogP contribution in [-0.4, -0.2) is 30.6 Å². The minimum absolute atomic E-state index is 0.0666. The highest BCUT2D eigenvalue weighted by Crippen LogP contribution is 2.10. The number of benzene rings is 2. The Morgan fingerprint density at radius 1 is 1.07 bits per heavy atom. The summed E-state index contributed by atoms with van der Waals surface area (Å²) in [6.45, 7) is 7.34. The van der Waals surface area contributed by atoms with Gasteiger partial charge in [0.05, 0.1) is 4.90 Å². The summed E-state index contributed by atoms with van der Waals surface area (Å²) in [6.07, 6.45) is 0.510. The van der Waals surface area contributed by atoms with Crippen molar-refractivity contribution in [2.75, 3.05) is 0 Å². The fourth-order valence-electron chi connectivity index (χ4n) is 2.04. The first-order valence-electron chi connectivity index (χ1n) is 8.45. The molecule has 6 nitrogen and oxygen atoms in total. The third kappa shape index (κ3) is 9.33. The van der Waals surface area contributed by atoms with Crippen LogP contribution in [0.2, 0.25) is 0 Å². The summed E-state index contributed by atoms with van der Waals surface area (Å²) in [7, 11) is -4.02. The topological polar surface area (TPSA) is 107 Å². The summed E-state index contributed by atoms with van der Waals surface area (Å²) in [4.78, 5) is 11.5. The lowest BCUT2D eigenvalue weighted by Gasteiger charge is -2.22. The van der Waals surface area contributed by atoms with Gasteiger partial charge in [-0.3, -0.25) is 9.35 Å². The van der Waals surface area contributed by atoms with E-state index < -0.39 is 21.8 Å². The van der Waals surface area contributed by atoms with Gasteiger partial charge in [-0.15, -0.1) is 0 Å². The van der Waals surface area contributed by atoms with Crippen LogP contribution < -0.4 is 5.73 Å². The average molecular weight is 394 g/mol. The average Bonchev–Trinajstić information content (AvgIpc) is 2.54. The Morgan fingerprint density at radius 3 is 2.04 bits per heavy atom. The van der Waals surface area contributed by atoms with Crippen LogP contribution in [0.4, 0.5) is 0 Å². The van der Waals surface area contributed by atoms with Gasteiger partial charge in [0.1, 0.15) is 11.6 Å². The van der Waals surface area contributed by atoms with Crippen LogP contribution in [0.5, 0.6) is 0 Å². The first kappa shape index (κ1) is 22.8. The first-order valence-corrected chi connectivity index (χ1v) is 9.89. The number of aryl methyl sites for hydroxylation is 1. The van der Waals surface area contributed by atoms with E-state index in [0.717, 1.165) is 11.1 Å². The Bertz CT molecular complexity index is 825. The van der Waals surface area contributed by atoms with Crippen molar-refractivity contribution in [1.82, 2.24) is 0 Å². The molecule has 0 bridgehead atoms. The van der Waals surface area contributed by atoms with Gasteiger partial charge in [0.2, 0.25) is 0 Å². The number of esters is 1. The van der Waals surface area contributed by atoms with Crippen LogP contribution in [0.15, 0.2) is 59.5 Å². The van der Waals surface area contributed by atoms with Crippen molar-refractivity contribution < 1.29 is 22.5 Å². The predicted molar refractivity (Wildman–Crippen MR) is 105 cm³/mol. The van der Waals surface area contributed by atoms with E-state index in [1.54, 1.807) is 12.1 Å². The molecule has 7 heteroatoms. The highest BCUT2D eigenvalue weighted by Gasteiger charge is 2.22. The van der Waals surface area contributed by atoms with Crippen molar-refractivity contribution in [3.8, 4) is 0 Å². The third-order valence-electron chi connectivity index (χ3n) is 3.33. The van der Waals surface area contributed by atoms with Crippen LogP contribution in [0.25, 0.3) is 0 Å². The van der Waals surface area contributed by atoms with E-state index in [-0.39, 0.29) is 10.9 Å². The lowest BCUT2D eigenvalue weighted by Crippen LogP contribution is -2.38. The Kier molecular flexibility index (Phi) is 8.15. The van der Waals surface area contributed by atoms with E-state index in [4.69, 9.17) is 15.0 Å². The Labute approximate surface area is 161 Å². The van der Waals surface area contributed by atoms with Crippen molar-refractivity contribution in [1.29, 1.82) is 0 Å². The molecule has 0 aliphatic heterocycles. The van der Waals surface area contributed by atoms with Gasteiger partial charge in [-0.25, -0.2) is 0 Å². The highest BCUT2D eigenvalue weighted by atomic mass is 32.2. The van der Waals surface area contributed by atoms with E-state index in [2.05, 4.69) is 0 Å². The van der Waals surface area contributed by atoms with E-state index in [1.165, 1.54) is 12.1 Å². The molecule has 0 fully saturated rings. The number of ether oxygens (including phenoxy) is 1. The second kappa shape index (κ2) is 9.64. The molecule has 1 atom stereocenters.